The fourth-order valence-corrected chi connectivity index (χ4v) is 4.13. The minimum Gasteiger partial charge on any atom is -0.349 e. The Kier molecular flexibility index (Phi) is 5.13. The summed E-state index contributed by atoms with van der Waals surface area (Å²) >= 11 is 1.79. The van der Waals surface area contributed by atoms with Crippen LogP contribution in [-0.4, -0.2) is 19.0 Å². The van der Waals surface area contributed by atoms with Crippen LogP contribution in [0.1, 0.15) is 35.9 Å². The molecule has 2 N–H and O–H groups in total. The summed E-state index contributed by atoms with van der Waals surface area (Å²) in [6.45, 7) is 6.77. The number of carbonyl (C=O) groups excluding carboxylic acids is 1. The molecule has 4 heteroatoms. The molecule has 2 aromatic rings. The lowest BCUT2D eigenvalue weighted by molar-refractivity contribution is -0.945. The van der Waals surface area contributed by atoms with Crippen molar-refractivity contribution in [2.75, 3.05) is 13.1 Å². The summed E-state index contributed by atoms with van der Waals surface area (Å²) in [5.41, 5.74) is 2.93. The molecule has 0 saturated heterocycles. The van der Waals surface area contributed by atoms with E-state index in [2.05, 4.69) is 47.1 Å². The Morgan fingerprint density at radius 2 is 2.00 bits per heavy atom. The molecule has 1 unspecified atom stereocenters. The van der Waals surface area contributed by atoms with E-state index in [1.54, 1.807) is 16.2 Å². The minimum atomic E-state index is 0.0380. The highest BCUT2D eigenvalue weighted by molar-refractivity contribution is 7.10. The lowest BCUT2D eigenvalue weighted by atomic mass is 9.98. The van der Waals surface area contributed by atoms with E-state index in [9.17, 15) is 4.79 Å². The zero-order valence-electron chi connectivity index (χ0n) is 13.8. The van der Waals surface area contributed by atoms with Crippen LogP contribution in [0.2, 0.25) is 0 Å². The minimum absolute atomic E-state index is 0.0380. The van der Waals surface area contributed by atoms with Gasteiger partial charge in [0.15, 0.2) is 0 Å². The van der Waals surface area contributed by atoms with E-state index in [1.165, 1.54) is 16.0 Å². The van der Waals surface area contributed by atoms with Crippen LogP contribution in [0.4, 0.5) is 0 Å². The number of fused-ring (bicyclic) bond motifs is 1. The van der Waals surface area contributed by atoms with E-state index in [0.29, 0.717) is 6.04 Å². The van der Waals surface area contributed by atoms with Gasteiger partial charge in [-0.3, -0.25) is 4.79 Å². The Bertz CT molecular complexity index is 651. The number of carbonyl (C=O) groups is 1. The van der Waals surface area contributed by atoms with Crippen LogP contribution in [0.3, 0.4) is 0 Å². The summed E-state index contributed by atoms with van der Waals surface area (Å²) in [5.74, 6) is 0.180. The predicted octanol–water partition coefficient (Wildman–Crippen LogP) is 2.20. The van der Waals surface area contributed by atoms with E-state index in [1.807, 2.05) is 13.8 Å². The number of hydrogen-bond acceptors (Lipinski definition) is 2. The first-order valence-corrected chi connectivity index (χ1v) is 9.25. The monoisotopic (exact) mass is 329 g/mol. The second kappa shape index (κ2) is 7.28. The van der Waals surface area contributed by atoms with Crippen molar-refractivity contribution in [1.29, 1.82) is 0 Å². The highest BCUT2D eigenvalue weighted by Crippen LogP contribution is 2.19. The highest BCUT2D eigenvalue weighted by atomic mass is 32.1. The van der Waals surface area contributed by atoms with Crippen LogP contribution >= 0.6 is 11.3 Å². The average molecular weight is 329 g/mol. The van der Waals surface area contributed by atoms with Gasteiger partial charge in [0.25, 0.3) is 0 Å². The van der Waals surface area contributed by atoms with Crippen molar-refractivity contribution < 1.29 is 9.69 Å². The largest absolute Gasteiger partial charge is 0.349 e. The van der Waals surface area contributed by atoms with Crippen molar-refractivity contribution in [3.05, 3.63) is 57.8 Å². The fourth-order valence-electron chi connectivity index (χ4n) is 3.24. The number of hydrogen-bond donors (Lipinski definition) is 2. The molecule has 0 aliphatic carbocycles. The number of thiophene rings is 1. The maximum Gasteiger partial charge on any atom is 0.222 e. The van der Waals surface area contributed by atoms with Gasteiger partial charge < -0.3 is 10.2 Å². The van der Waals surface area contributed by atoms with Crippen LogP contribution in [0.5, 0.6) is 0 Å². The quantitative estimate of drug-likeness (QED) is 0.866. The Labute approximate surface area is 142 Å². The van der Waals surface area contributed by atoms with Gasteiger partial charge in [-0.15, -0.1) is 11.3 Å². The molecule has 1 amide bonds. The summed E-state index contributed by atoms with van der Waals surface area (Å²) < 4.78 is 0. The standard InChI is InChI=1S/C19H24N2OS/c1-14(2)19(22)20-12-17(18-8-5-11-23-18)21-10-9-15-6-3-4-7-16(15)13-21/h3-8,11,14,17H,9-10,12-13H2,1-2H3,(H,20,22)/p+1/t17-/m0/s1. The first-order valence-electron chi connectivity index (χ1n) is 8.37. The van der Waals surface area contributed by atoms with Gasteiger partial charge in [-0.25, -0.2) is 0 Å². The summed E-state index contributed by atoms with van der Waals surface area (Å²) in [6, 6.07) is 13.4. The lowest BCUT2D eigenvalue weighted by Crippen LogP contribution is -3.12. The average Bonchev–Trinajstić information content (AvgIpc) is 3.09. The zero-order chi connectivity index (χ0) is 16.2. The molecule has 0 saturated carbocycles. The molecule has 1 aromatic heterocycles. The Balaban J connectivity index is 1.75. The zero-order valence-corrected chi connectivity index (χ0v) is 14.7. The van der Waals surface area contributed by atoms with Crippen LogP contribution < -0.4 is 10.2 Å². The fraction of sp³-hybridized carbons (Fsp3) is 0.421. The molecule has 0 fully saturated rings. The van der Waals surface area contributed by atoms with Crippen LogP contribution in [0, 0.1) is 5.92 Å². The first-order chi connectivity index (χ1) is 11.1. The summed E-state index contributed by atoms with van der Waals surface area (Å²) in [7, 11) is 0. The van der Waals surface area contributed by atoms with Gasteiger partial charge in [-0.2, -0.15) is 0 Å². The van der Waals surface area contributed by atoms with Crippen molar-refractivity contribution in [3.63, 3.8) is 0 Å². The SMILES string of the molecule is CC(C)C(=O)NC[C@@H](c1cccs1)[NH+]1CCc2ccccc2C1. The van der Waals surface area contributed by atoms with E-state index in [4.69, 9.17) is 0 Å². The van der Waals surface area contributed by atoms with Crippen molar-refractivity contribution in [1.82, 2.24) is 5.32 Å². The Hall–Kier alpha value is -1.65. The molecular weight excluding hydrogens is 304 g/mol. The van der Waals surface area contributed by atoms with E-state index >= 15 is 0 Å². The molecule has 1 aromatic carbocycles. The van der Waals surface area contributed by atoms with Gasteiger partial charge in [0.2, 0.25) is 5.91 Å². The molecule has 0 radical (unpaired) electrons. The normalized spacial score (nSPS) is 18.5. The molecular formula is C19H25N2OS+. The maximum absolute atomic E-state index is 12.0. The third-order valence-electron chi connectivity index (χ3n) is 4.64. The summed E-state index contributed by atoms with van der Waals surface area (Å²) in [4.78, 5) is 14.9. The smallest absolute Gasteiger partial charge is 0.222 e. The van der Waals surface area contributed by atoms with Crippen molar-refractivity contribution in [2.24, 2.45) is 5.92 Å². The van der Waals surface area contributed by atoms with E-state index in [-0.39, 0.29) is 11.8 Å². The van der Waals surface area contributed by atoms with Crippen molar-refractivity contribution in [3.8, 4) is 0 Å². The molecule has 1 aliphatic rings. The van der Waals surface area contributed by atoms with Gasteiger partial charge in [-0.1, -0.05) is 44.2 Å². The van der Waals surface area contributed by atoms with E-state index < -0.39 is 0 Å². The van der Waals surface area contributed by atoms with E-state index in [0.717, 1.165) is 26.1 Å². The topological polar surface area (TPSA) is 33.5 Å². The molecule has 0 spiro atoms. The third-order valence-corrected chi connectivity index (χ3v) is 5.62. The van der Waals surface area contributed by atoms with Crippen LogP contribution in [0.25, 0.3) is 0 Å². The van der Waals surface area contributed by atoms with Crippen LogP contribution in [-0.2, 0) is 17.8 Å². The van der Waals surface area contributed by atoms with Crippen molar-refractivity contribution in [2.45, 2.75) is 32.9 Å². The number of amides is 1. The third kappa shape index (κ3) is 3.82. The molecule has 2 heterocycles. The predicted molar refractivity (Wildman–Crippen MR) is 94.6 cm³/mol. The van der Waals surface area contributed by atoms with Crippen molar-refractivity contribution >= 4 is 17.2 Å². The maximum atomic E-state index is 12.0. The number of quaternary nitrogens is 1. The highest BCUT2D eigenvalue weighted by Gasteiger charge is 2.29. The second-order valence-electron chi connectivity index (χ2n) is 6.57. The first kappa shape index (κ1) is 16.2. The number of rotatable bonds is 5. The molecule has 2 atom stereocenters. The molecule has 0 bridgehead atoms. The van der Waals surface area contributed by atoms with Gasteiger partial charge >= 0.3 is 0 Å². The molecule has 122 valence electrons. The molecule has 3 rings (SSSR count). The lowest BCUT2D eigenvalue weighted by Gasteiger charge is -2.32. The molecule has 23 heavy (non-hydrogen) atoms. The number of nitrogens with one attached hydrogen (secondary N) is 2. The molecule has 3 nitrogen and oxygen atoms in total. The van der Waals surface area contributed by atoms with Gasteiger partial charge in [0.1, 0.15) is 12.6 Å². The summed E-state index contributed by atoms with van der Waals surface area (Å²) in [5, 5.41) is 5.27. The van der Waals surface area contributed by atoms with Gasteiger partial charge in [-0.05, 0) is 17.0 Å². The number of benzene rings is 1. The second-order valence-corrected chi connectivity index (χ2v) is 7.55. The van der Waals surface area contributed by atoms with Crippen LogP contribution in [0.15, 0.2) is 41.8 Å². The summed E-state index contributed by atoms with van der Waals surface area (Å²) in [6.07, 6.45) is 1.12. The van der Waals surface area contributed by atoms with Gasteiger partial charge in [0, 0.05) is 17.9 Å². The Morgan fingerprint density at radius 1 is 1.22 bits per heavy atom. The van der Waals surface area contributed by atoms with Gasteiger partial charge in [0.05, 0.1) is 18.0 Å². The Morgan fingerprint density at radius 3 is 2.70 bits per heavy atom. The molecule has 1 aliphatic heterocycles.